The largest absolute Gasteiger partial charge is 0.389 e. The molecule has 0 radical (unpaired) electrons. The molecule has 0 aliphatic heterocycles. The van der Waals surface area contributed by atoms with Gasteiger partial charge in [-0.15, -0.1) is 0 Å². The van der Waals surface area contributed by atoms with Gasteiger partial charge in [0.15, 0.2) is 0 Å². The van der Waals surface area contributed by atoms with Crippen molar-refractivity contribution in [3.05, 3.63) is 29.8 Å². The molecule has 0 amide bonds. The van der Waals surface area contributed by atoms with Crippen LogP contribution in [0.3, 0.4) is 0 Å². The third-order valence-electron chi connectivity index (χ3n) is 2.61. The molecule has 0 saturated carbocycles. The summed E-state index contributed by atoms with van der Waals surface area (Å²) in [5.74, 6) is 0.141. The van der Waals surface area contributed by atoms with Crippen LogP contribution in [-0.2, 0) is 9.84 Å². The second-order valence-corrected chi connectivity index (χ2v) is 6.58. The van der Waals surface area contributed by atoms with Gasteiger partial charge in [0.1, 0.15) is 9.84 Å². The SMILES string of the molecule is C[C@H](O)c1ccc(N(C)CCS(C)(=O)=O)cc1. The maximum Gasteiger partial charge on any atom is 0.149 e. The highest BCUT2D eigenvalue weighted by Crippen LogP contribution is 2.17. The number of hydrogen-bond acceptors (Lipinski definition) is 4. The first kappa shape index (κ1) is 14.0. The van der Waals surface area contributed by atoms with Gasteiger partial charge in [-0.1, -0.05) is 12.1 Å². The zero-order valence-electron chi connectivity index (χ0n) is 10.4. The van der Waals surface area contributed by atoms with E-state index in [1.165, 1.54) is 6.26 Å². The van der Waals surface area contributed by atoms with Gasteiger partial charge in [0, 0.05) is 25.5 Å². The summed E-state index contributed by atoms with van der Waals surface area (Å²) < 4.78 is 22.1. The summed E-state index contributed by atoms with van der Waals surface area (Å²) in [6.45, 7) is 2.18. The van der Waals surface area contributed by atoms with Crippen LogP contribution in [0.4, 0.5) is 5.69 Å². The van der Waals surface area contributed by atoms with Gasteiger partial charge in [-0.25, -0.2) is 8.42 Å². The van der Waals surface area contributed by atoms with Crippen molar-refractivity contribution in [3.63, 3.8) is 0 Å². The molecular formula is C12H19NO3S. The van der Waals surface area contributed by atoms with E-state index in [2.05, 4.69) is 0 Å². The van der Waals surface area contributed by atoms with Crippen molar-refractivity contribution in [2.45, 2.75) is 13.0 Å². The normalized spacial score (nSPS) is 13.4. The standard InChI is InChI=1S/C12H19NO3S/c1-10(14)11-4-6-12(7-5-11)13(2)8-9-17(3,15)16/h4-7,10,14H,8-9H2,1-3H3/t10-/m0/s1. The Morgan fingerprint density at radius 1 is 1.29 bits per heavy atom. The van der Waals surface area contributed by atoms with Crippen molar-refractivity contribution in [1.82, 2.24) is 0 Å². The summed E-state index contributed by atoms with van der Waals surface area (Å²) >= 11 is 0. The smallest absolute Gasteiger partial charge is 0.149 e. The van der Waals surface area contributed by atoms with E-state index in [-0.39, 0.29) is 5.75 Å². The number of aliphatic hydroxyl groups excluding tert-OH is 1. The third-order valence-corrected chi connectivity index (χ3v) is 3.54. The second-order valence-electron chi connectivity index (χ2n) is 4.32. The molecule has 0 unspecified atom stereocenters. The maximum absolute atomic E-state index is 11.1. The van der Waals surface area contributed by atoms with Crippen molar-refractivity contribution in [2.75, 3.05) is 30.5 Å². The first-order chi connectivity index (χ1) is 7.79. The Kier molecular flexibility index (Phi) is 4.54. The molecule has 0 spiro atoms. The Labute approximate surface area is 103 Å². The number of nitrogens with zero attached hydrogens (tertiary/aromatic N) is 1. The fourth-order valence-electron chi connectivity index (χ4n) is 1.44. The lowest BCUT2D eigenvalue weighted by atomic mass is 10.1. The van der Waals surface area contributed by atoms with Crippen LogP contribution in [0.1, 0.15) is 18.6 Å². The van der Waals surface area contributed by atoms with E-state index in [9.17, 15) is 13.5 Å². The Morgan fingerprint density at radius 3 is 2.24 bits per heavy atom. The molecule has 96 valence electrons. The lowest BCUT2D eigenvalue weighted by molar-refractivity contribution is 0.199. The Bertz CT molecular complexity index is 451. The van der Waals surface area contributed by atoms with Crippen LogP contribution in [0.25, 0.3) is 0 Å². The predicted octanol–water partition coefficient (Wildman–Crippen LogP) is 1.22. The van der Waals surface area contributed by atoms with Crippen molar-refractivity contribution in [1.29, 1.82) is 0 Å². The molecule has 1 aromatic rings. The van der Waals surface area contributed by atoms with Gasteiger partial charge in [0.05, 0.1) is 11.9 Å². The average molecular weight is 257 g/mol. The van der Waals surface area contributed by atoms with Crippen molar-refractivity contribution >= 4 is 15.5 Å². The van der Waals surface area contributed by atoms with Gasteiger partial charge in [0.25, 0.3) is 0 Å². The topological polar surface area (TPSA) is 57.6 Å². The first-order valence-corrected chi connectivity index (χ1v) is 7.52. The third kappa shape index (κ3) is 4.75. The fourth-order valence-corrected chi connectivity index (χ4v) is 2.04. The van der Waals surface area contributed by atoms with Crippen molar-refractivity contribution < 1.29 is 13.5 Å². The summed E-state index contributed by atoms with van der Waals surface area (Å²) in [4.78, 5) is 1.88. The van der Waals surface area contributed by atoms with Gasteiger partial charge in [-0.2, -0.15) is 0 Å². The van der Waals surface area contributed by atoms with E-state index in [1.54, 1.807) is 6.92 Å². The number of rotatable bonds is 5. The van der Waals surface area contributed by atoms with Crippen LogP contribution in [0.15, 0.2) is 24.3 Å². The van der Waals surface area contributed by atoms with Gasteiger partial charge in [0.2, 0.25) is 0 Å². The van der Waals surface area contributed by atoms with Crippen molar-refractivity contribution in [2.24, 2.45) is 0 Å². The van der Waals surface area contributed by atoms with Gasteiger partial charge >= 0.3 is 0 Å². The highest BCUT2D eigenvalue weighted by Gasteiger charge is 2.07. The highest BCUT2D eigenvalue weighted by atomic mass is 32.2. The summed E-state index contributed by atoms with van der Waals surface area (Å²) in [5.41, 5.74) is 1.79. The molecule has 0 aliphatic carbocycles. The monoisotopic (exact) mass is 257 g/mol. The van der Waals surface area contributed by atoms with E-state index in [0.29, 0.717) is 6.54 Å². The van der Waals surface area contributed by atoms with E-state index in [4.69, 9.17) is 0 Å². The molecule has 17 heavy (non-hydrogen) atoms. The summed E-state index contributed by atoms with van der Waals surface area (Å²) in [5, 5.41) is 9.37. The van der Waals surface area contributed by atoms with E-state index in [1.807, 2.05) is 36.2 Å². The summed E-state index contributed by atoms with van der Waals surface area (Å²) in [6.07, 6.45) is 0.752. The Hall–Kier alpha value is -1.07. The van der Waals surface area contributed by atoms with E-state index in [0.717, 1.165) is 11.3 Å². The number of aliphatic hydroxyl groups is 1. The molecule has 0 heterocycles. The molecular weight excluding hydrogens is 238 g/mol. The number of benzene rings is 1. The second kappa shape index (κ2) is 5.51. The minimum atomic E-state index is -2.93. The quantitative estimate of drug-likeness (QED) is 0.861. The van der Waals surface area contributed by atoms with Crippen LogP contribution in [0.5, 0.6) is 0 Å². The Morgan fingerprint density at radius 2 is 1.82 bits per heavy atom. The zero-order valence-corrected chi connectivity index (χ0v) is 11.2. The number of anilines is 1. The van der Waals surface area contributed by atoms with Gasteiger partial charge < -0.3 is 10.0 Å². The molecule has 0 fully saturated rings. The summed E-state index contributed by atoms with van der Waals surface area (Å²) in [7, 11) is -1.08. The van der Waals surface area contributed by atoms with Gasteiger partial charge in [-0.05, 0) is 24.6 Å². The van der Waals surface area contributed by atoms with Crippen LogP contribution >= 0.6 is 0 Å². The van der Waals surface area contributed by atoms with E-state index >= 15 is 0 Å². The van der Waals surface area contributed by atoms with Crippen molar-refractivity contribution in [3.8, 4) is 0 Å². The average Bonchev–Trinajstić information content (AvgIpc) is 2.25. The molecule has 0 aromatic heterocycles. The molecule has 0 bridgehead atoms. The minimum Gasteiger partial charge on any atom is -0.389 e. The Balaban J connectivity index is 2.67. The lowest BCUT2D eigenvalue weighted by Crippen LogP contribution is -2.24. The van der Waals surface area contributed by atoms with Crippen LogP contribution in [0, 0.1) is 0 Å². The van der Waals surface area contributed by atoms with Crippen LogP contribution in [0.2, 0.25) is 0 Å². The molecule has 1 atom stereocenters. The first-order valence-electron chi connectivity index (χ1n) is 5.46. The van der Waals surface area contributed by atoms with Crippen LogP contribution in [-0.4, -0.2) is 39.1 Å². The molecule has 1 rings (SSSR count). The lowest BCUT2D eigenvalue weighted by Gasteiger charge is -2.19. The fraction of sp³-hybridized carbons (Fsp3) is 0.500. The zero-order chi connectivity index (χ0) is 13.1. The number of hydrogen-bond donors (Lipinski definition) is 1. The molecule has 0 aliphatic rings. The number of sulfone groups is 1. The predicted molar refractivity (Wildman–Crippen MR) is 70.1 cm³/mol. The van der Waals surface area contributed by atoms with Gasteiger partial charge in [-0.3, -0.25) is 0 Å². The highest BCUT2D eigenvalue weighted by molar-refractivity contribution is 7.90. The van der Waals surface area contributed by atoms with Crippen LogP contribution < -0.4 is 4.90 Å². The molecule has 1 N–H and O–H groups in total. The summed E-state index contributed by atoms with van der Waals surface area (Å²) in [6, 6.07) is 7.45. The molecule has 4 nitrogen and oxygen atoms in total. The minimum absolute atomic E-state index is 0.141. The molecule has 0 saturated heterocycles. The maximum atomic E-state index is 11.1. The molecule has 5 heteroatoms. The van der Waals surface area contributed by atoms with E-state index < -0.39 is 15.9 Å². The molecule has 1 aromatic carbocycles.